The van der Waals surface area contributed by atoms with E-state index in [-0.39, 0.29) is 0 Å². The number of rotatable bonds is 4. The quantitative estimate of drug-likeness (QED) is 0.137. The second-order valence-corrected chi connectivity index (χ2v) is 14.5. The number of hydrogen-bond donors (Lipinski definition) is 2. The fourth-order valence-corrected chi connectivity index (χ4v) is 8.37. The molecule has 0 radical (unpaired) electrons. The van der Waals surface area contributed by atoms with Gasteiger partial charge in [-0.15, -0.1) is 0 Å². The van der Waals surface area contributed by atoms with Crippen molar-refractivity contribution in [1.82, 2.24) is 0 Å². The Labute approximate surface area is 306 Å². The molecule has 0 aromatic heterocycles. The summed E-state index contributed by atoms with van der Waals surface area (Å²) in [6.45, 7) is 0. The topological polar surface area (TPSA) is 40.5 Å². The van der Waals surface area contributed by atoms with Crippen LogP contribution in [0.5, 0.6) is 0 Å². The summed E-state index contributed by atoms with van der Waals surface area (Å²) in [6.07, 6.45) is 0. The van der Waals surface area contributed by atoms with Crippen molar-refractivity contribution in [3.8, 4) is 33.4 Å². The number of hydrogen-bond acceptors (Lipinski definition) is 2. The molecule has 44 heavy (non-hydrogen) atoms. The molecule has 0 atom stereocenters. The predicted molar refractivity (Wildman–Crippen MR) is 209 cm³/mol. The fourth-order valence-electron chi connectivity index (χ4n) is 4.26. The molecule has 0 bridgehead atoms. The molecule has 0 amide bonds. The van der Waals surface area contributed by atoms with E-state index in [1.165, 1.54) is 25.8 Å². The highest BCUT2D eigenvalue weighted by molar-refractivity contribution is 14.1. The molecular formula is C36H26BBr4IO2. The van der Waals surface area contributed by atoms with Gasteiger partial charge in [-0.25, -0.2) is 0 Å². The third-order valence-corrected chi connectivity index (χ3v) is 8.74. The van der Waals surface area contributed by atoms with Crippen LogP contribution in [-0.4, -0.2) is 17.2 Å². The molecule has 0 heterocycles. The SMILES string of the molecule is Brc1cc(Br)cc(-c2cccc(-c3ccccc3)c2)c1.Brc1cc(Br)cc(I)c1.OB(O)c1cccc(-c2ccccc2)c1. The van der Waals surface area contributed by atoms with Crippen molar-refractivity contribution in [3.63, 3.8) is 0 Å². The van der Waals surface area contributed by atoms with E-state index < -0.39 is 7.12 Å². The van der Waals surface area contributed by atoms with Crippen molar-refractivity contribution in [2.75, 3.05) is 0 Å². The maximum Gasteiger partial charge on any atom is 0.488 e. The Morgan fingerprint density at radius 1 is 0.386 bits per heavy atom. The van der Waals surface area contributed by atoms with Crippen LogP contribution in [0, 0.1) is 3.57 Å². The van der Waals surface area contributed by atoms with Crippen LogP contribution in [0.2, 0.25) is 0 Å². The zero-order chi connectivity index (χ0) is 31.5. The van der Waals surface area contributed by atoms with Gasteiger partial charge in [-0.3, -0.25) is 0 Å². The summed E-state index contributed by atoms with van der Waals surface area (Å²) in [5.41, 5.74) is 7.46. The second kappa shape index (κ2) is 17.6. The van der Waals surface area contributed by atoms with Crippen LogP contribution in [0.4, 0.5) is 0 Å². The molecule has 0 saturated heterocycles. The van der Waals surface area contributed by atoms with Crippen molar-refractivity contribution < 1.29 is 10.0 Å². The maximum absolute atomic E-state index is 9.05. The first-order valence-corrected chi connectivity index (χ1v) is 17.7. The summed E-state index contributed by atoms with van der Waals surface area (Å²) < 4.78 is 5.61. The molecule has 0 spiro atoms. The summed E-state index contributed by atoms with van der Waals surface area (Å²) in [6, 6.07) is 48.6. The van der Waals surface area contributed by atoms with Gasteiger partial charge in [-0.1, -0.05) is 167 Å². The Hall–Kier alpha value is -2.05. The van der Waals surface area contributed by atoms with E-state index in [0.29, 0.717) is 5.46 Å². The monoisotopic (exact) mass is 944 g/mol. The lowest BCUT2D eigenvalue weighted by Gasteiger charge is -2.07. The lowest BCUT2D eigenvalue weighted by Crippen LogP contribution is -2.29. The zero-order valence-electron chi connectivity index (χ0n) is 23.2. The Morgan fingerprint density at radius 3 is 1.23 bits per heavy atom. The molecule has 0 aliphatic carbocycles. The second-order valence-electron chi connectivity index (χ2n) is 9.56. The number of benzene rings is 6. The first-order chi connectivity index (χ1) is 21.2. The largest absolute Gasteiger partial charge is 0.488 e. The van der Waals surface area contributed by atoms with Gasteiger partial charge in [0.1, 0.15) is 0 Å². The highest BCUT2D eigenvalue weighted by Gasteiger charge is 2.11. The van der Waals surface area contributed by atoms with E-state index >= 15 is 0 Å². The molecule has 0 unspecified atom stereocenters. The van der Waals surface area contributed by atoms with Crippen LogP contribution < -0.4 is 5.46 Å². The summed E-state index contributed by atoms with van der Waals surface area (Å²) in [5, 5.41) is 18.1. The molecule has 2 nitrogen and oxygen atoms in total. The molecule has 0 fully saturated rings. The molecule has 0 aliphatic rings. The molecule has 6 rings (SSSR count). The highest BCUT2D eigenvalue weighted by Crippen LogP contribution is 2.30. The number of halogens is 5. The summed E-state index contributed by atoms with van der Waals surface area (Å²) in [4.78, 5) is 0. The van der Waals surface area contributed by atoms with Crippen molar-refractivity contribution in [3.05, 3.63) is 167 Å². The van der Waals surface area contributed by atoms with E-state index in [9.17, 15) is 0 Å². The van der Waals surface area contributed by atoms with Crippen LogP contribution in [0.3, 0.4) is 0 Å². The fraction of sp³-hybridized carbons (Fsp3) is 0. The lowest BCUT2D eigenvalue weighted by atomic mass is 9.79. The Balaban J connectivity index is 0.000000162. The third kappa shape index (κ3) is 11.1. The maximum atomic E-state index is 9.05. The molecule has 8 heteroatoms. The van der Waals surface area contributed by atoms with Crippen LogP contribution in [0.15, 0.2) is 163 Å². The van der Waals surface area contributed by atoms with Crippen molar-refractivity contribution in [1.29, 1.82) is 0 Å². The highest BCUT2D eigenvalue weighted by atomic mass is 127. The van der Waals surface area contributed by atoms with Crippen LogP contribution >= 0.6 is 86.3 Å². The van der Waals surface area contributed by atoms with E-state index in [0.717, 1.165) is 29.0 Å². The molecule has 220 valence electrons. The lowest BCUT2D eigenvalue weighted by molar-refractivity contribution is 0.426. The average Bonchev–Trinajstić information content (AvgIpc) is 3.01. The molecule has 2 N–H and O–H groups in total. The first kappa shape index (κ1) is 34.8. The summed E-state index contributed by atoms with van der Waals surface area (Å²) in [7, 11) is -1.41. The molecular weight excluding hydrogens is 922 g/mol. The van der Waals surface area contributed by atoms with Crippen LogP contribution in [-0.2, 0) is 0 Å². The van der Waals surface area contributed by atoms with Crippen molar-refractivity contribution >= 4 is 98.9 Å². The first-order valence-electron chi connectivity index (χ1n) is 13.4. The average molecular weight is 948 g/mol. The molecule has 6 aromatic carbocycles. The smallest absolute Gasteiger partial charge is 0.423 e. The minimum atomic E-state index is -1.41. The minimum absolute atomic E-state index is 0.511. The van der Waals surface area contributed by atoms with Crippen LogP contribution in [0.1, 0.15) is 0 Å². The van der Waals surface area contributed by atoms with Gasteiger partial charge < -0.3 is 10.0 Å². The van der Waals surface area contributed by atoms with Crippen molar-refractivity contribution in [2.45, 2.75) is 0 Å². The van der Waals surface area contributed by atoms with Gasteiger partial charge in [0.25, 0.3) is 0 Å². The normalized spacial score (nSPS) is 10.2. The minimum Gasteiger partial charge on any atom is -0.423 e. The Bertz CT molecular complexity index is 1730. The van der Waals surface area contributed by atoms with Gasteiger partial charge in [0.2, 0.25) is 0 Å². The third-order valence-electron chi connectivity index (χ3n) is 6.28. The Morgan fingerprint density at radius 2 is 0.773 bits per heavy atom. The van der Waals surface area contributed by atoms with E-state index in [2.05, 4.69) is 159 Å². The van der Waals surface area contributed by atoms with Gasteiger partial charge >= 0.3 is 7.12 Å². The summed E-state index contributed by atoms with van der Waals surface area (Å²) in [5.74, 6) is 0. The Kier molecular flexibility index (Phi) is 13.9. The summed E-state index contributed by atoms with van der Waals surface area (Å²) >= 11 is 16.1. The molecule has 0 aliphatic heterocycles. The zero-order valence-corrected chi connectivity index (χ0v) is 31.7. The molecule has 6 aromatic rings. The standard InChI is InChI=1S/C18H12Br2.C12H11BO2.C6H3Br2I/c19-17-10-16(11-18(20)12-17)15-8-4-7-14(9-15)13-5-2-1-3-6-13;14-13(15)12-8-4-7-11(9-12)10-5-2-1-3-6-10;7-4-1-5(8)3-6(9)2-4/h1-12H;1-9,14-15H;1-3H. The van der Waals surface area contributed by atoms with Gasteiger partial charge in [0, 0.05) is 21.5 Å². The van der Waals surface area contributed by atoms with Gasteiger partial charge in [-0.2, -0.15) is 0 Å². The van der Waals surface area contributed by atoms with E-state index in [1.54, 1.807) is 12.1 Å². The van der Waals surface area contributed by atoms with E-state index in [4.69, 9.17) is 10.0 Å². The van der Waals surface area contributed by atoms with Crippen LogP contribution in [0.25, 0.3) is 33.4 Å². The van der Waals surface area contributed by atoms with E-state index in [1.807, 2.05) is 60.7 Å². The predicted octanol–water partition coefficient (Wildman–Crippen LogP) is 11.4. The van der Waals surface area contributed by atoms with Crippen molar-refractivity contribution in [2.24, 2.45) is 0 Å². The van der Waals surface area contributed by atoms with Gasteiger partial charge in [0.15, 0.2) is 0 Å². The van der Waals surface area contributed by atoms with Gasteiger partial charge in [-0.05, 0) is 104 Å². The van der Waals surface area contributed by atoms with Gasteiger partial charge in [0.05, 0.1) is 0 Å². The molecule has 0 saturated carbocycles.